The van der Waals surface area contributed by atoms with Crippen molar-refractivity contribution in [2.75, 3.05) is 13.2 Å². The van der Waals surface area contributed by atoms with Crippen LogP contribution < -0.4 is 9.47 Å². The van der Waals surface area contributed by atoms with Crippen molar-refractivity contribution < 1.29 is 24.2 Å². The Morgan fingerprint density at radius 3 is 1.77 bits per heavy atom. The molecule has 0 aromatic heterocycles. The number of halogens is 1. The van der Waals surface area contributed by atoms with Crippen molar-refractivity contribution in [2.24, 2.45) is 0 Å². The van der Waals surface area contributed by atoms with Crippen LogP contribution in [0.25, 0.3) is 0 Å². The molecule has 0 aliphatic rings. The van der Waals surface area contributed by atoms with E-state index < -0.39 is 11.8 Å². The molecular formula is C16H13ClO5. The highest BCUT2D eigenvalue weighted by atomic mass is 35.5. The maximum Gasteiger partial charge on any atom is 0.377 e. The molecule has 0 fully saturated rings. The average Bonchev–Trinajstić information content (AvgIpc) is 2.53. The van der Waals surface area contributed by atoms with Crippen LogP contribution in [0.2, 0.25) is 5.02 Å². The predicted octanol–water partition coefficient (Wildman–Crippen LogP) is 3.07. The Morgan fingerprint density at radius 1 is 0.864 bits per heavy atom. The molecule has 0 atom stereocenters. The van der Waals surface area contributed by atoms with Gasteiger partial charge in [-0.3, -0.25) is 4.79 Å². The molecule has 0 aliphatic heterocycles. The third-order valence-corrected chi connectivity index (χ3v) is 3.00. The van der Waals surface area contributed by atoms with Crippen LogP contribution in [-0.4, -0.2) is 30.1 Å². The molecule has 0 bridgehead atoms. The standard InChI is InChI=1S/C16H13ClO5/c17-12-3-7-14(8-4-12)22-10-9-21-13-5-1-11(2-6-13)15(18)16(19)20/h1-8H,9-10H2,(H,19,20). The molecule has 2 aromatic rings. The highest BCUT2D eigenvalue weighted by Gasteiger charge is 2.13. The van der Waals surface area contributed by atoms with Crippen molar-refractivity contribution in [3.63, 3.8) is 0 Å². The molecule has 22 heavy (non-hydrogen) atoms. The fraction of sp³-hybridized carbons (Fsp3) is 0.125. The number of carboxylic acids is 1. The average molecular weight is 321 g/mol. The van der Waals surface area contributed by atoms with Gasteiger partial charge in [-0.1, -0.05) is 11.6 Å². The van der Waals surface area contributed by atoms with Crippen LogP contribution in [0.4, 0.5) is 0 Å². The van der Waals surface area contributed by atoms with Gasteiger partial charge in [0.15, 0.2) is 0 Å². The molecule has 0 aliphatic carbocycles. The number of hydrogen-bond donors (Lipinski definition) is 1. The number of carboxylic acid groups (broad SMARTS) is 1. The number of aliphatic carboxylic acids is 1. The van der Waals surface area contributed by atoms with Gasteiger partial charge in [0, 0.05) is 10.6 Å². The summed E-state index contributed by atoms with van der Waals surface area (Å²) in [4.78, 5) is 21.8. The largest absolute Gasteiger partial charge is 0.490 e. The third-order valence-electron chi connectivity index (χ3n) is 2.75. The van der Waals surface area contributed by atoms with E-state index in [0.717, 1.165) is 0 Å². The first-order valence-electron chi connectivity index (χ1n) is 6.45. The second kappa shape index (κ2) is 7.47. The number of rotatable bonds is 7. The Kier molecular flexibility index (Phi) is 5.38. The first-order valence-corrected chi connectivity index (χ1v) is 6.83. The Morgan fingerprint density at radius 2 is 1.32 bits per heavy atom. The number of carbonyl (C=O) groups excluding carboxylic acids is 1. The van der Waals surface area contributed by atoms with Gasteiger partial charge in [0.2, 0.25) is 0 Å². The van der Waals surface area contributed by atoms with Gasteiger partial charge in [-0.25, -0.2) is 4.79 Å². The lowest BCUT2D eigenvalue weighted by Crippen LogP contribution is -2.12. The van der Waals surface area contributed by atoms with Gasteiger partial charge in [-0.2, -0.15) is 0 Å². The van der Waals surface area contributed by atoms with Crippen LogP contribution in [0.15, 0.2) is 48.5 Å². The predicted molar refractivity (Wildman–Crippen MR) is 80.9 cm³/mol. The van der Waals surface area contributed by atoms with Gasteiger partial charge in [-0.05, 0) is 48.5 Å². The molecule has 0 amide bonds. The number of ether oxygens (including phenoxy) is 2. The SMILES string of the molecule is O=C(O)C(=O)c1ccc(OCCOc2ccc(Cl)cc2)cc1. The molecule has 0 spiro atoms. The van der Waals surface area contributed by atoms with Crippen LogP contribution >= 0.6 is 11.6 Å². The van der Waals surface area contributed by atoms with Crippen molar-refractivity contribution in [1.82, 2.24) is 0 Å². The Bertz CT molecular complexity index is 649. The van der Waals surface area contributed by atoms with Crippen LogP contribution in [0.3, 0.4) is 0 Å². The lowest BCUT2D eigenvalue weighted by Gasteiger charge is -2.08. The number of benzene rings is 2. The molecule has 6 heteroatoms. The van der Waals surface area contributed by atoms with Gasteiger partial charge in [-0.15, -0.1) is 0 Å². The zero-order valence-electron chi connectivity index (χ0n) is 11.5. The summed E-state index contributed by atoms with van der Waals surface area (Å²) in [7, 11) is 0. The van der Waals surface area contributed by atoms with E-state index in [1.54, 1.807) is 36.4 Å². The number of Topliss-reactive ketones (excluding diaryl/α,β-unsaturated/α-hetero) is 1. The Labute approximate surface area is 132 Å². The van der Waals surface area contributed by atoms with E-state index in [-0.39, 0.29) is 5.56 Å². The molecule has 0 heterocycles. The summed E-state index contributed by atoms with van der Waals surface area (Å²) in [6.45, 7) is 0.659. The molecule has 0 saturated heterocycles. The molecule has 0 unspecified atom stereocenters. The van der Waals surface area contributed by atoms with Crippen LogP contribution in [0.5, 0.6) is 11.5 Å². The number of hydrogen-bond acceptors (Lipinski definition) is 4. The molecular weight excluding hydrogens is 308 g/mol. The first kappa shape index (κ1) is 15.9. The minimum Gasteiger partial charge on any atom is -0.490 e. The van der Waals surface area contributed by atoms with Crippen LogP contribution in [0.1, 0.15) is 10.4 Å². The fourth-order valence-electron chi connectivity index (χ4n) is 1.68. The maximum atomic E-state index is 11.2. The molecule has 2 rings (SSSR count). The van der Waals surface area contributed by atoms with Crippen molar-refractivity contribution in [3.05, 3.63) is 59.1 Å². The van der Waals surface area contributed by atoms with Gasteiger partial charge in [0.1, 0.15) is 24.7 Å². The molecule has 114 valence electrons. The smallest absolute Gasteiger partial charge is 0.377 e. The van der Waals surface area contributed by atoms with Gasteiger partial charge in [0.05, 0.1) is 0 Å². The van der Waals surface area contributed by atoms with E-state index in [9.17, 15) is 9.59 Å². The third kappa shape index (κ3) is 4.49. The quantitative estimate of drug-likeness (QED) is 0.482. The van der Waals surface area contributed by atoms with Crippen molar-refractivity contribution in [2.45, 2.75) is 0 Å². The minimum atomic E-state index is -1.48. The summed E-state index contributed by atoms with van der Waals surface area (Å²) in [5.74, 6) is -1.21. The molecule has 0 radical (unpaired) electrons. The van der Waals surface area contributed by atoms with Crippen LogP contribution in [-0.2, 0) is 4.79 Å². The first-order chi connectivity index (χ1) is 10.6. The molecule has 1 N–H and O–H groups in total. The Balaban J connectivity index is 1.78. The lowest BCUT2D eigenvalue weighted by atomic mass is 10.1. The summed E-state index contributed by atoms with van der Waals surface area (Å²) < 4.78 is 10.9. The normalized spacial score (nSPS) is 10.0. The molecule has 5 nitrogen and oxygen atoms in total. The van der Waals surface area contributed by atoms with E-state index in [2.05, 4.69) is 0 Å². The summed E-state index contributed by atoms with van der Waals surface area (Å²) in [5.41, 5.74) is 0.109. The van der Waals surface area contributed by atoms with Crippen molar-refractivity contribution >= 4 is 23.4 Å². The number of ketones is 1. The van der Waals surface area contributed by atoms with Gasteiger partial charge >= 0.3 is 5.97 Å². The fourth-order valence-corrected chi connectivity index (χ4v) is 1.80. The molecule has 0 saturated carbocycles. The van der Waals surface area contributed by atoms with E-state index in [0.29, 0.717) is 29.7 Å². The van der Waals surface area contributed by atoms with Gasteiger partial charge < -0.3 is 14.6 Å². The topological polar surface area (TPSA) is 72.8 Å². The summed E-state index contributed by atoms with van der Waals surface area (Å²) in [5, 5.41) is 9.24. The van der Waals surface area contributed by atoms with Crippen molar-refractivity contribution in [3.8, 4) is 11.5 Å². The maximum absolute atomic E-state index is 11.2. The number of carbonyl (C=O) groups is 2. The van der Waals surface area contributed by atoms with Gasteiger partial charge in [0.25, 0.3) is 5.78 Å². The molecule has 2 aromatic carbocycles. The summed E-state index contributed by atoms with van der Waals surface area (Å²) >= 11 is 5.77. The van der Waals surface area contributed by atoms with E-state index in [1.165, 1.54) is 12.1 Å². The zero-order chi connectivity index (χ0) is 15.9. The summed E-state index contributed by atoms with van der Waals surface area (Å²) in [6, 6.07) is 12.9. The minimum absolute atomic E-state index is 0.109. The van der Waals surface area contributed by atoms with Crippen LogP contribution in [0, 0.1) is 0 Å². The Hall–Kier alpha value is -2.53. The van der Waals surface area contributed by atoms with E-state index >= 15 is 0 Å². The lowest BCUT2D eigenvalue weighted by molar-refractivity contribution is -0.131. The van der Waals surface area contributed by atoms with E-state index in [4.69, 9.17) is 26.2 Å². The monoisotopic (exact) mass is 320 g/mol. The highest BCUT2D eigenvalue weighted by Crippen LogP contribution is 2.16. The second-order valence-corrected chi connectivity index (χ2v) is 4.75. The summed E-state index contributed by atoms with van der Waals surface area (Å²) in [6.07, 6.45) is 0. The second-order valence-electron chi connectivity index (χ2n) is 4.31. The van der Waals surface area contributed by atoms with E-state index in [1.807, 2.05) is 0 Å². The zero-order valence-corrected chi connectivity index (χ0v) is 12.2. The highest BCUT2D eigenvalue weighted by molar-refractivity contribution is 6.39. The van der Waals surface area contributed by atoms with Crippen molar-refractivity contribution in [1.29, 1.82) is 0 Å².